The molecule has 5 rings (SSSR count). The topological polar surface area (TPSA) is 52.2 Å². The summed E-state index contributed by atoms with van der Waals surface area (Å²) < 4.78 is 0. The molecule has 1 amide bonds. The number of halogens is 1. The number of aromatic amines is 1. The normalized spacial score (nSPS) is 26.0. The largest absolute Gasteiger partial charge is 0.374 e. The van der Waals surface area contributed by atoms with E-state index in [-0.39, 0.29) is 11.9 Å². The van der Waals surface area contributed by atoms with Crippen LogP contribution in [0.2, 0.25) is 5.02 Å². The highest BCUT2D eigenvalue weighted by Gasteiger charge is 2.46. The molecule has 112 valence electrons. The smallest absolute Gasteiger partial charge is 0.279 e. The number of fused-ring (bicyclic) bond motifs is 3. The molecule has 2 atom stereocenters. The van der Waals surface area contributed by atoms with Gasteiger partial charge in [-0.1, -0.05) is 11.6 Å². The molecule has 1 aromatic heterocycles. The highest BCUT2D eigenvalue weighted by atomic mass is 35.5. The summed E-state index contributed by atoms with van der Waals surface area (Å²) in [5.41, 5.74) is 2.49. The third kappa shape index (κ3) is 1.60. The average Bonchev–Trinajstić information content (AvgIpc) is 2.95. The van der Waals surface area contributed by atoms with Gasteiger partial charge in [-0.3, -0.25) is 9.89 Å². The average molecular weight is 315 g/mol. The maximum Gasteiger partial charge on any atom is 0.279 e. The van der Waals surface area contributed by atoms with Crippen molar-refractivity contribution in [1.82, 2.24) is 20.0 Å². The Morgan fingerprint density at radius 3 is 3.23 bits per heavy atom. The third-order valence-electron chi connectivity index (χ3n) is 5.09. The standard InChI is InChI=1S/C16H15ClN4O/c17-10-1-2-13-12(6-10)15(19-18-13)16(22)21-11-5-9-3-4-20(7-11)8-14(9)21/h1-2,6,8-9,11H,3-5,7H2,(H,18,19). The minimum absolute atomic E-state index is 0.00573. The van der Waals surface area contributed by atoms with E-state index in [2.05, 4.69) is 21.3 Å². The molecule has 1 aromatic carbocycles. The first kappa shape index (κ1) is 12.5. The quantitative estimate of drug-likeness (QED) is 0.880. The van der Waals surface area contributed by atoms with Gasteiger partial charge in [0, 0.05) is 41.3 Å². The van der Waals surface area contributed by atoms with Crippen LogP contribution in [0.5, 0.6) is 0 Å². The molecule has 1 fully saturated rings. The van der Waals surface area contributed by atoms with Crippen molar-refractivity contribution in [3.05, 3.63) is 40.8 Å². The first-order chi connectivity index (χ1) is 10.7. The minimum Gasteiger partial charge on any atom is -0.374 e. The van der Waals surface area contributed by atoms with Crippen molar-refractivity contribution in [3.8, 4) is 0 Å². The van der Waals surface area contributed by atoms with Crippen LogP contribution < -0.4 is 0 Å². The van der Waals surface area contributed by atoms with Gasteiger partial charge >= 0.3 is 0 Å². The maximum atomic E-state index is 13.1. The van der Waals surface area contributed by atoms with Crippen LogP contribution in [0.1, 0.15) is 23.3 Å². The molecular formula is C16H15ClN4O. The summed E-state index contributed by atoms with van der Waals surface area (Å²) >= 11 is 6.07. The number of carbonyl (C=O) groups is 1. The van der Waals surface area contributed by atoms with Crippen LogP contribution in [-0.2, 0) is 0 Å². The highest BCUT2D eigenvalue weighted by molar-refractivity contribution is 6.31. The molecule has 1 saturated heterocycles. The van der Waals surface area contributed by atoms with Gasteiger partial charge in [0.1, 0.15) is 0 Å². The molecule has 0 radical (unpaired) electrons. The van der Waals surface area contributed by atoms with Gasteiger partial charge in [0.15, 0.2) is 5.69 Å². The summed E-state index contributed by atoms with van der Waals surface area (Å²) in [6, 6.07) is 5.75. The van der Waals surface area contributed by atoms with Crippen molar-refractivity contribution >= 4 is 28.4 Å². The summed E-state index contributed by atoms with van der Waals surface area (Å²) in [4.78, 5) is 17.4. The van der Waals surface area contributed by atoms with E-state index in [1.807, 2.05) is 17.0 Å². The zero-order valence-corrected chi connectivity index (χ0v) is 12.7. The lowest BCUT2D eigenvalue weighted by atomic mass is 9.99. The Hall–Kier alpha value is -2.01. The van der Waals surface area contributed by atoms with E-state index in [0.29, 0.717) is 16.6 Å². The number of hydrogen-bond acceptors (Lipinski definition) is 3. The van der Waals surface area contributed by atoms with Gasteiger partial charge in [0.25, 0.3) is 5.91 Å². The molecule has 5 nitrogen and oxygen atoms in total. The van der Waals surface area contributed by atoms with Crippen LogP contribution in [0.25, 0.3) is 10.9 Å². The van der Waals surface area contributed by atoms with E-state index in [0.717, 1.165) is 36.8 Å². The summed E-state index contributed by atoms with van der Waals surface area (Å²) in [5, 5.41) is 8.61. The van der Waals surface area contributed by atoms with E-state index in [9.17, 15) is 4.79 Å². The number of allylic oxidation sites excluding steroid dienone is 1. The number of rotatable bonds is 1. The molecule has 0 spiro atoms. The second-order valence-corrected chi connectivity index (χ2v) is 6.80. The lowest BCUT2D eigenvalue weighted by molar-refractivity contribution is 0.0716. The van der Waals surface area contributed by atoms with E-state index < -0.39 is 0 Å². The van der Waals surface area contributed by atoms with Crippen LogP contribution >= 0.6 is 11.6 Å². The molecule has 6 heteroatoms. The monoisotopic (exact) mass is 314 g/mol. The molecule has 3 bridgehead atoms. The molecule has 4 heterocycles. The third-order valence-corrected chi connectivity index (χ3v) is 5.32. The van der Waals surface area contributed by atoms with Crippen molar-refractivity contribution < 1.29 is 4.79 Å². The van der Waals surface area contributed by atoms with Crippen molar-refractivity contribution in [3.63, 3.8) is 0 Å². The second kappa shape index (κ2) is 4.26. The van der Waals surface area contributed by atoms with E-state index in [1.54, 1.807) is 6.07 Å². The lowest BCUT2D eigenvalue weighted by Gasteiger charge is -2.38. The van der Waals surface area contributed by atoms with E-state index in [4.69, 9.17) is 11.6 Å². The van der Waals surface area contributed by atoms with Gasteiger partial charge in [0.2, 0.25) is 0 Å². The van der Waals surface area contributed by atoms with Crippen LogP contribution in [0.4, 0.5) is 0 Å². The molecule has 1 N–H and O–H groups in total. The predicted molar refractivity (Wildman–Crippen MR) is 83.4 cm³/mol. The Bertz CT molecular complexity index is 825. The molecule has 22 heavy (non-hydrogen) atoms. The number of benzene rings is 1. The van der Waals surface area contributed by atoms with E-state index >= 15 is 0 Å². The molecular weight excluding hydrogens is 300 g/mol. The summed E-state index contributed by atoms with van der Waals surface area (Å²) in [5.74, 6) is 0.523. The second-order valence-electron chi connectivity index (χ2n) is 6.36. The van der Waals surface area contributed by atoms with Gasteiger partial charge in [-0.2, -0.15) is 5.10 Å². The van der Waals surface area contributed by atoms with E-state index in [1.165, 1.54) is 5.70 Å². The fraction of sp³-hybridized carbons (Fsp3) is 0.375. The number of carbonyl (C=O) groups excluding carboxylic acids is 1. The zero-order chi connectivity index (χ0) is 14.8. The van der Waals surface area contributed by atoms with Gasteiger partial charge in [-0.05, 0) is 31.0 Å². The zero-order valence-electron chi connectivity index (χ0n) is 11.9. The molecule has 2 aromatic rings. The molecule has 3 aliphatic rings. The van der Waals surface area contributed by atoms with Crippen molar-refractivity contribution in [1.29, 1.82) is 0 Å². The fourth-order valence-corrected chi connectivity index (χ4v) is 4.26. The number of hydrogen-bond donors (Lipinski definition) is 1. The predicted octanol–water partition coefficient (Wildman–Crippen LogP) is 2.61. The minimum atomic E-state index is -0.00573. The molecule has 0 aliphatic carbocycles. The van der Waals surface area contributed by atoms with Gasteiger partial charge in [-0.15, -0.1) is 0 Å². The van der Waals surface area contributed by atoms with Crippen molar-refractivity contribution in [2.75, 3.05) is 13.1 Å². The van der Waals surface area contributed by atoms with Gasteiger partial charge in [-0.25, -0.2) is 0 Å². The number of aromatic nitrogens is 2. The lowest BCUT2D eigenvalue weighted by Crippen LogP contribution is -2.46. The Morgan fingerprint density at radius 2 is 2.32 bits per heavy atom. The molecule has 0 saturated carbocycles. The molecule has 2 unspecified atom stereocenters. The SMILES string of the molecule is O=C(c1n[nH]c2ccc(Cl)cc12)N1C2=CN3CCC2CC1C3. The number of amides is 1. The summed E-state index contributed by atoms with van der Waals surface area (Å²) in [6.45, 7) is 2.06. The fourth-order valence-electron chi connectivity index (χ4n) is 4.09. The Kier molecular flexibility index (Phi) is 2.42. The van der Waals surface area contributed by atoms with Crippen LogP contribution in [0.3, 0.4) is 0 Å². The van der Waals surface area contributed by atoms with Gasteiger partial charge in [0.05, 0.1) is 11.6 Å². The van der Waals surface area contributed by atoms with Crippen molar-refractivity contribution in [2.45, 2.75) is 18.9 Å². The Balaban J connectivity index is 1.60. The van der Waals surface area contributed by atoms with Crippen LogP contribution in [0, 0.1) is 5.92 Å². The first-order valence-corrected chi connectivity index (χ1v) is 8.01. The maximum absolute atomic E-state index is 13.1. The van der Waals surface area contributed by atoms with Gasteiger partial charge < -0.3 is 9.80 Å². The highest BCUT2D eigenvalue weighted by Crippen LogP contribution is 2.43. The van der Waals surface area contributed by atoms with Crippen LogP contribution in [0.15, 0.2) is 30.1 Å². The summed E-state index contributed by atoms with van der Waals surface area (Å²) in [7, 11) is 0. The Morgan fingerprint density at radius 1 is 1.41 bits per heavy atom. The molecule has 3 aliphatic heterocycles. The Labute approximate surface area is 132 Å². The van der Waals surface area contributed by atoms with Crippen LogP contribution in [-0.4, -0.2) is 45.0 Å². The summed E-state index contributed by atoms with van der Waals surface area (Å²) in [6.07, 6.45) is 4.40. The number of H-pyrrole nitrogens is 1. The van der Waals surface area contributed by atoms with Crippen molar-refractivity contribution in [2.24, 2.45) is 5.92 Å². The first-order valence-electron chi connectivity index (χ1n) is 7.63. The number of nitrogens with one attached hydrogen (secondary N) is 1. The number of nitrogens with zero attached hydrogens (tertiary/aromatic N) is 3.